The van der Waals surface area contributed by atoms with Crippen LogP contribution in [0.3, 0.4) is 0 Å². The lowest BCUT2D eigenvalue weighted by Crippen LogP contribution is -2.41. The highest BCUT2D eigenvalue weighted by Gasteiger charge is 2.25. The van der Waals surface area contributed by atoms with Gasteiger partial charge in [0.05, 0.1) is 13.0 Å². The lowest BCUT2D eigenvalue weighted by atomic mass is 9.93. The molecule has 0 aromatic heterocycles. The van der Waals surface area contributed by atoms with Gasteiger partial charge in [0.25, 0.3) is 0 Å². The summed E-state index contributed by atoms with van der Waals surface area (Å²) in [6, 6.07) is 0. The second-order valence-corrected chi connectivity index (χ2v) is 4.17. The average molecular weight is 222 g/mol. The monoisotopic (exact) mass is 222 g/mol. The van der Waals surface area contributed by atoms with Gasteiger partial charge in [0.1, 0.15) is 6.17 Å². The molecule has 4 heteroatoms. The van der Waals surface area contributed by atoms with E-state index in [0.29, 0.717) is 12.5 Å². The van der Waals surface area contributed by atoms with Crippen LogP contribution in [0.5, 0.6) is 0 Å². The molecule has 2 aliphatic heterocycles. The Morgan fingerprint density at radius 2 is 2.56 bits per heavy atom. The van der Waals surface area contributed by atoms with Crippen LogP contribution >= 0.6 is 0 Å². The van der Waals surface area contributed by atoms with Gasteiger partial charge in [0, 0.05) is 11.6 Å². The van der Waals surface area contributed by atoms with Crippen LogP contribution in [-0.2, 0) is 9.53 Å². The maximum Gasteiger partial charge on any atom is 0.311 e. The predicted molar refractivity (Wildman–Crippen MR) is 62.3 cm³/mol. The van der Waals surface area contributed by atoms with E-state index >= 15 is 0 Å². The van der Waals surface area contributed by atoms with Crippen LogP contribution in [0, 0.1) is 5.92 Å². The Labute approximate surface area is 95.8 Å². The van der Waals surface area contributed by atoms with Gasteiger partial charge in [-0.2, -0.15) is 0 Å². The van der Waals surface area contributed by atoms with E-state index in [2.05, 4.69) is 16.4 Å². The molecule has 88 valence electrons. The molecule has 2 heterocycles. The van der Waals surface area contributed by atoms with Crippen molar-refractivity contribution in [3.05, 3.63) is 12.2 Å². The number of nitrogens with zero attached hydrogens (tertiary/aromatic N) is 1. The third-order valence-corrected chi connectivity index (χ3v) is 2.94. The molecule has 0 aromatic carbocycles. The molecule has 1 N–H and O–H groups in total. The van der Waals surface area contributed by atoms with E-state index < -0.39 is 0 Å². The standard InChI is InChI=1S/C12H18N2O2/c1-2-16-11(15)8-10-6-5-9-4-3-7-13-12(9)14-10/h5-6,9,12-13H,2-4,7-8H2,1H3. The fourth-order valence-electron chi connectivity index (χ4n) is 2.16. The second-order valence-electron chi connectivity index (χ2n) is 4.17. The normalized spacial score (nSPS) is 28.2. The number of carbonyl (C=O) groups is 1. The quantitative estimate of drug-likeness (QED) is 0.732. The minimum Gasteiger partial charge on any atom is -0.466 e. The van der Waals surface area contributed by atoms with Crippen molar-refractivity contribution < 1.29 is 9.53 Å². The number of piperidine rings is 1. The maximum absolute atomic E-state index is 11.3. The van der Waals surface area contributed by atoms with Gasteiger partial charge in [-0.15, -0.1) is 0 Å². The number of hydrogen-bond acceptors (Lipinski definition) is 4. The number of dihydropyridines is 1. The summed E-state index contributed by atoms with van der Waals surface area (Å²) in [7, 11) is 0. The van der Waals surface area contributed by atoms with Gasteiger partial charge in [-0.25, -0.2) is 0 Å². The summed E-state index contributed by atoms with van der Waals surface area (Å²) in [5, 5.41) is 3.37. The highest BCUT2D eigenvalue weighted by molar-refractivity contribution is 6.06. The number of aliphatic imine (C=N–C) groups is 1. The number of nitrogens with one attached hydrogen (secondary N) is 1. The third-order valence-electron chi connectivity index (χ3n) is 2.94. The number of ether oxygens (including phenoxy) is 1. The molecule has 0 aliphatic carbocycles. The van der Waals surface area contributed by atoms with Crippen molar-refractivity contribution >= 4 is 11.7 Å². The minimum atomic E-state index is -0.194. The first kappa shape index (κ1) is 11.3. The summed E-state index contributed by atoms with van der Waals surface area (Å²) in [6.07, 6.45) is 6.97. The number of hydrogen-bond donors (Lipinski definition) is 1. The number of allylic oxidation sites excluding steroid dienone is 1. The molecular formula is C12H18N2O2. The average Bonchev–Trinajstić information content (AvgIpc) is 2.29. The Balaban J connectivity index is 1.94. The zero-order valence-corrected chi connectivity index (χ0v) is 9.61. The Hall–Kier alpha value is -1.16. The molecular weight excluding hydrogens is 204 g/mol. The third kappa shape index (κ3) is 2.70. The minimum absolute atomic E-state index is 0.170. The Morgan fingerprint density at radius 1 is 1.69 bits per heavy atom. The zero-order valence-electron chi connectivity index (χ0n) is 9.61. The lowest BCUT2D eigenvalue weighted by Gasteiger charge is -2.30. The van der Waals surface area contributed by atoms with Gasteiger partial charge in [0.15, 0.2) is 0 Å². The van der Waals surface area contributed by atoms with Gasteiger partial charge in [-0.1, -0.05) is 6.08 Å². The van der Waals surface area contributed by atoms with Crippen molar-refractivity contribution in [2.75, 3.05) is 13.2 Å². The van der Waals surface area contributed by atoms with Crippen molar-refractivity contribution in [1.29, 1.82) is 0 Å². The van der Waals surface area contributed by atoms with E-state index in [1.165, 1.54) is 12.8 Å². The molecule has 16 heavy (non-hydrogen) atoms. The number of esters is 1. The molecule has 0 saturated carbocycles. The Bertz CT molecular complexity index is 323. The largest absolute Gasteiger partial charge is 0.466 e. The van der Waals surface area contributed by atoms with Crippen molar-refractivity contribution in [2.24, 2.45) is 10.9 Å². The molecule has 2 unspecified atom stereocenters. The van der Waals surface area contributed by atoms with Crippen LogP contribution < -0.4 is 5.32 Å². The molecule has 0 aromatic rings. The molecule has 0 radical (unpaired) electrons. The van der Waals surface area contributed by atoms with E-state index in [1.54, 1.807) is 0 Å². The fraction of sp³-hybridized carbons (Fsp3) is 0.667. The molecule has 1 fully saturated rings. The van der Waals surface area contributed by atoms with Gasteiger partial charge in [0.2, 0.25) is 0 Å². The van der Waals surface area contributed by atoms with E-state index in [-0.39, 0.29) is 18.6 Å². The van der Waals surface area contributed by atoms with Crippen molar-refractivity contribution in [3.63, 3.8) is 0 Å². The van der Waals surface area contributed by atoms with E-state index in [9.17, 15) is 4.79 Å². The van der Waals surface area contributed by atoms with Crippen molar-refractivity contribution in [2.45, 2.75) is 32.4 Å². The molecule has 0 amide bonds. The second kappa shape index (κ2) is 5.25. The van der Waals surface area contributed by atoms with E-state index in [4.69, 9.17) is 4.74 Å². The predicted octanol–water partition coefficient (Wildman–Crippen LogP) is 1.28. The van der Waals surface area contributed by atoms with Crippen LogP contribution in [0.25, 0.3) is 0 Å². The highest BCUT2D eigenvalue weighted by Crippen LogP contribution is 2.22. The first-order valence-electron chi connectivity index (χ1n) is 5.93. The highest BCUT2D eigenvalue weighted by atomic mass is 16.5. The van der Waals surface area contributed by atoms with Crippen LogP contribution in [0.2, 0.25) is 0 Å². The van der Waals surface area contributed by atoms with Gasteiger partial charge >= 0.3 is 5.97 Å². The fourth-order valence-corrected chi connectivity index (χ4v) is 2.16. The topological polar surface area (TPSA) is 50.7 Å². The summed E-state index contributed by atoms with van der Waals surface area (Å²) < 4.78 is 4.91. The summed E-state index contributed by atoms with van der Waals surface area (Å²) in [4.78, 5) is 15.9. The SMILES string of the molecule is CCOC(=O)CC1=NC2NCCCC2C=C1. The van der Waals surface area contributed by atoms with E-state index in [1.807, 2.05) is 13.0 Å². The molecule has 0 bridgehead atoms. The smallest absolute Gasteiger partial charge is 0.311 e. The number of carbonyl (C=O) groups excluding carboxylic acids is 1. The summed E-state index contributed by atoms with van der Waals surface area (Å²) in [5.74, 6) is 0.305. The summed E-state index contributed by atoms with van der Waals surface area (Å²) in [5.41, 5.74) is 0.828. The van der Waals surface area contributed by atoms with Gasteiger partial charge < -0.3 is 4.74 Å². The molecule has 1 saturated heterocycles. The Morgan fingerprint density at radius 3 is 3.38 bits per heavy atom. The van der Waals surface area contributed by atoms with Crippen LogP contribution in [0.15, 0.2) is 17.1 Å². The summed E-state index contributed by atoms with van der Waals surface area (Å²) in [6.45, 7) is 3.26. The number of fused-ring (bicyclic) bond motifs is 1. The van der Waals surface area contributed by atoms with Crippen LogP contribution in [0.4, 0.5) is 0 Å². The molecule has 4 nitrogen and oxygen atoms in total. The molecule has 2 rings (SSSR count). The van der Waals surface area contributed by atoms with Crippen molar-refractivity contribution in [1.82, 2.24) is 5.32 Å². The summed E-state index contributed by atoms with van der Waals surface area (Å²) >= 11 is 0. The zero-order chi connectivity index (χ0) is 11.4. The van der Waals surface area contributed by atoms with E-state index in [0.717, 1.165) is 12.3 Å². The van der Waals surface area contributed by atoms with Gasteiger partial charge in [-0.05, 0) is 32.4 Å². The molecule has 2 aliphatic rings. The first-order valence-corrected chi connectivity index (χ1v) is 5.93. The molecule has 2 atom stereocenters. The Kier molecular flexibility index (Phi) is 3.72. The van der Waals surface area contributed by atoms with Crippen LogP contribution in [0.1, 0.15) is 26.2 Å². The number of rotatable bonds is 3. The van der Waals surface area contributed by atoms with Crippen molar-refractivity contribution in [3.8, 4) is 0 Å². The van der Waals surface area contributed by atoms with Gasteiger partial charge in [-0.3, -0.25) is 15.1 Å². The first-order chi connectivity index (χ1) is 7.79. The lowest BCUT2D eigenvalue weighted by molar-refractivity contribution is -0.141. The van der Waals surface area contributed by atoms with Crippen LogP contribution in [-0.4, -0.2) is 31.0 Å². The molecule has 0 spiro atoms. The maximum atomic E-state index is 11.3.